The SMILES string of the molecule is COC(=O)C(C(=O)OC)[C@H](/C=N/N1CCC[C@H]1COC(c1ccccc1)c1ccccc1)c1ccccc1. The van der Waals surface area contributed by atoms with Gasteiger partial charge in [-0.1, -0.05) is 91.0 Å². The minimum atomic E-state index is -1.16. The lowest BCUT2D eigenvalue weighted by Crippen LogP contribution is -2.34. The number of hydrazone groups is 1. The molecule has 7 heteroatoms. The van der Waals surface area contributed by atoms with E-state index >= 15 is 0 Å². The first kappa shape index (κ1) is 27.1. The van der Waals surface area contributed by atoms with E-state index in [1.54, 1.807) is 6.21 Å². The van der Waals surface area contributed by atoms with Crippen LogP contribution >= 0.6 is 0 Å². The van der Waals surface area contributed by atoms with Crippen LogP contribution in [0.5, 0.6) is 0 Å². The fourth-order valence-electron chi connectivity index (χ4n) is 4.83. The van der Waals surface area contributed by atoms with Crippen LogP contribution in [0.1, 0.15) is 41.6 Å². The summed E-state index contributed by atoms with van der Waals surface area (Å²) in [4.78, 5) is 25.2. The number of carbonyl (C=O) groups is 2. The summed E-state index contributed by atoms with van der Waals surface area (Å²) in [5.41, 5.74) is 2.96. The largest absolute Gasteiger partial charge is 0.468 e. The standard InChI is InChI=1S/C31H34N2O5/c1-36-30(34)28(31(35)37-2)27(23-13-6-3-7-14-23)21-32-33-20-12-19-26(33)22-38-29(24-15-8-4-9-16-24)25-17-10-5-11-18-25/h3-11,13-18,21,26-29H,12,19-20,22H2,1-2H3/b32-21+/t26-,27+/m0/s1. The molecule has 2 atom stereocenters. The Labute approximate surface area is 224 Å². The van der Waals surface area contributed by atoms with Gasteiger partial charge in [0, 0.05) is 18.7 Å². The predicted octanol–water partition coefficient (Wildman–Crippen LogP) is 4.99. The third kappa shape index (κ3) is 6.66. The van der Waals surface area contributed by atoms with E-state index in [1.165, 1.54) is 14.2 Å². The summed E-state index contributed by atoms with van der Waals surface area (Å²) >= 11 is 0. The number of methoxy groups -OCH3 is 2. The van der Waals surface area contributed by atoms with Crippen LogP contribution in [-0.4, -0.2) is 56.6 Å². The molecule has 1 aliphatic heterocycles. The van der Waals surface area contributed by atoms with Gasteiger partial charge in [0.1, 0.15) is 6.10 Å². The monoisotopic (exact) mass is 514 g/mol. The number of ether oxygens (including phenoxy) is 3. The Hall–Kier alpha value is -3.97. The number of hydrogen-bond donors (Lipinski definition) is 0. The first-order valence-corrected chi connectivity index (χ1v) is 12.8. The Bertz CT molecular complexity index is 1130. The molecule has 1 saturated heterocycles. The Kier molecular flexibility index (Phi) is 9.65. The zero-order chi connectivity index (χ0) is 26.7. The lowest BCUT2D eigenvalue weighted by Gasteiger charge is -2.26. The van der Waals surface area contributed by atoms with E-state index in [-0.39, 0.29) is 12.1 Å². The highest BCUT2D eigenvalue weighted by molar-refractivity contribution is 5.99. The van der Waals surface area contributed by atoms with E-state index in [1.807, 2.05) is 71.7 Å². The molecule has 4 rings (SSSR count). The van der Waals surface area contributed by atoms with Crippen molar-refractivity contribution < 1.29 is 23.8 Å². The maximum absolute atomic E-state index is 12.6. The van der Waals surface area contributed by atoms with Crippen LogP contribution in [0.3, 0.4) is 0 Å². The minimum absolute atomic E-state index is 0.0623. The molecular formula is C31H34N2O5. The molecule has 38 heavy (non-hydrogen) atoms. The Balaban J connectivity index is 1.54. The summed E-state index contributed by atoms with van der Waals surface area (Å²) in [5.74, 6) is -3.12. The summed E-state index contributed by atoms with van der Waals surface area (Å²) in [6, 6.07) is 29.8. The average Bonchev–Trinajstić information content (AvgIpc) is 3.43. The quantitative estimate of drug-likeness (QED) is 0.204. The van der Waals surface area contributed by atoms with Gasteiger partial charge in [0.15, 0.2) is 5.92 Å². The smallest absolute Gasteiger partial charge is 0.321 e. The molecule has 3 aromatic rings. The van der Waals surface area contributed by atoms with Gasteiger partial charge < -0.3 is 14.2 Å². The normalized spacial score (nSPS) is 16.2. The molecule has 3 aromatic carbocycles. The van der Waals surface area contributed by atoms with E-state index in [0.29, 0.717) is 6.61 Å². The number of esters is 2. The van der Waals surface area contributed by atoms with Crippen molar-refractivity contribution in [1.82, 2.24) is 5.01 Å². The predicted molar refractivity (Wildman–Crippen MR) is 146 cm³/mol. The van der Waals surface area contributed by atoms with Crippen molar-refractivity contribution in [1.29, 1.82) is 0 Å². The van der Waals surface area contributed by atoms with Crippen LogP contribution in [0.4, 0.5) is 0 Å². The number of nitrogens with zero attached hydrogens (tertiary/aromatic N) is 2. The second-order valence-electron chi connectivity index (χ2n) is 9.22. The lowest BCUT2D eigenvalue weighted by molar-refractivity contribution is -0.159. The van der Waals surface area contributed by atoms with E-state index in [4.69, 9.17) is 19.3 Å². The molecule has 0 aromatic heterocycles. The van der Waals surface area contributed by atoms with Crippen LogP contribution in [-0.2, 0) is 23.8 Å². The highest BCUT2D eigenvalue weighted by Crippen LogP contribution is 2.29. The molecule has 0 unspecified atom stereocenters. The highest BCUT2D eigenvalue weighted by atomic mass is 16.5. The fraction of sp³-hybridized carbons (Fsp3) is 0.323. The van der Waals surface area contributed by atoms with Gasteiger partial charge in [-0.15, -0.1) is 0 Å². The molecule has 7 nitrogen and oxygen atoms in total. The third-order valence-electron chi connectivity index (χ3n) is 6.84. The van der Waals surface area contributed by atoms with Gasteiger partial charge in [-0.2, -0.15) is 5.10 Å². The summed E-state index contributed by atoms with van der Waals surface area (Å²) < 4.78 is 16.4. The molecule has 1 heterocycles. The first-order chi connectivity index (χ1) is 18.6. The Morgan fingerprint density at radius 3 is 1.84 bits per heavy atom. The van der Waals surface area contributed by atoms with Gasteiger partial charge in [0.2, 0.25) is 0 Å². The molecule has 0 bridgehead atoms. The maximum atomic E-state index is 12.6. The van der Waals surface area contributed by atoms with Crippen molar-refractivity contribution >= 4 is 18.2 Å². The van der Waals surface area contributed by atoms with Crippen molar-refractivity contribution in [2.24, 2.45) is 11.0 Å². The van der Waals surface area contributed by atoms with E-state index in [0.717, 1.165) is 36.1 Å². The molecule has 1 aliphatic rings. The average molecular weight is 515 g/mol. The van der Waals surface area contributed by atoms with Crippen LogP contribution in [0.15, 0.2) is 96.1 Å². The van der Waals surface area contributed by atoms with Gasteiger partial charge in [-0.25, -0.2) is 0 Å². The molecule has 0 amide bonds. The Morgan fingerprint density at radius 2 is 1.34 bits per heavy atom. The summed E-state index contributed by atoms with van der Waals surface area (Å²) in [5, 5.41) is 6.77. The van der Waals surface area contributed by atoms with Crippen LogP contribution in [0.2, 0.25) is 0 Å². The molecule has 0 radical (unpaired) electrons. The van der Waals surface area contributed by atoms with Gasteiger partial charge in [0.25, 0.3) is 0 Å². The summed E-state index contributed by atoms with van der Waals surface area (Å²) in [6.45, 7) is 1.24. The number of carbonyl (C=O) groups excluding carboxylic acids is 2. The van der Waals surface area contributed by atoms with Gasteiger partial charge in [0.05, 0.1) is 26.9 Å². The van der Waals surface area contributed by atoms with Crippen molar-refractivity contribution in [2.75, 3.05) is 27.4 Å². The topological polar surface area (TPSA) is 77.4 Å². The molecular weight excluding hydrogens is 480 g/mol. The van der Waals surface area contributed by atoms with Crippen molar-refractivity contribution in [3.63, 3.8) is 0 Å². The van der Waals surface area contributed by atoms with Gasteiger partial charge in [-0.05, 0) is 29.5 Å². The molecule has 0 spiro atoms. The van der Waals surface area contributed by atoms with E-state index < -0.39 is 23.8 Å². The zero-order valence-corrected chi connectivity index (χ0v) is 21.8. The second kappa shape index (κ2) is 13.5. The van der Waals surface area contributed by atoms with Crippen LogP contribution < -0.4 is 0 Å². The third-order valence-corrected chi connectivity index (χ3v) is 6.84. The van der Waals surface area contributed by atoms with Crippen LogP contribution in [0.25, 0.3) is 0 Å². The highest BCUT2D eigenvalue weighted by Gasteiger charge is 2.37. The lowest BCUT2D eigenvalue weighted by atomic mass is 9.87. The number of benzene rings is 3. The van der Waals surface area contributed by atoms with Crippen molar-refractivity contribution in [2.45, 2.75) is 30.9 Å². The van der Waals surface area contributed by atoms with Crippen molar-refractivity contribution in [3.8, 4) is 0 Å². The molecule has 0 N–H and O–H groups in total. The maximum Gasteiger partial charge on any atom is 0.321 e. The molecule has 198 valence electrons. The molecule has 1 fully saturated rings. The second-order valence-corrected chi connectivity index (χ2v) is 9.22. The van der Waals surface area contributed by atoms with Crippen LogP contribution in [0, 0.1) is 5.92 Å². The van der Waals surface area contributed by atoms with Gasteiger partial charge >= 0.3 is 11.9 Å². The molecule has 0 aliphatic carbocycles. The summed E-state index contributed by atoms with van der Waals surface area (Å²) in [6.07, 6.45) is 3.38. The number of hydrogen-bond acceptors (Lipinski definition) is 7. The Morgan fingerprint density at radius 1 is 0.842 bits per heavy atom. The van der Waals surface area contributed by atoms with E-state index in [9.17, 15) is 9.59 Å². The fourth-order valence-corrected chi connectivity index (χ4v) is 4.83. The van der Waals surface area contributed by atoms with Crippen molar-refractivity contribution in [3.05, 3.63) is 108 Å². The first-order valence-electron chi connectivity index (χ1n) is 12.8. The zero-order valence-electron chi connectivity index (χ0n) is 21.8. The van der Waals surface area contributed by atoms with E-state index in [2.05, 4.69) is 24.3 Å². The van der Waals surface area contributed by atoms with Gasteiger partial charge in [-0.3, -0.25) is 14.6 Å². The summed E-state index contributed by atoms with van der Waals surface area (Å²) in [7, 11) is 2.53. The minimum Gasteiger partial charge on any atom is -0.468 e. The number of rotatable bonds is 11. The molecule has 0 saturated carbocycles.